The fourth-order valence-corrected chi connectivity index (χ4v) is 5.46. The van der Waals surface area contributed by atoms with Crippen LogP contribution in [0.3, 0.4) is 0 Å². The van der Waals surface area contributed by atoms with Crippen LogP contribution in [0, 0.1) is 0 Å². The Morgan fingerprint density at radius 2 is 0.561 bits per heavy atom. The van der Waals surface area contributed by atoms with Crippen molar-refractivity contribution in [2.75, 3.05) is 0 Å². The van der Waals surface area contributed by atoms with Crippen molar-refractivity contribution in [1.29, 1.82) is 0 Å². The predicted octanol–water partition coefficient (Wildman–Crippen LogP) is 6.12. The summed E-state index contributed by atoms with van der Waals surface area (Å²) in [7, 11) is 0. The number of hydrogen-bond acceptors (Lipinski definition) is 6. The van der Waals surface area contributed by atoms with E-state index < -0.39 is 0 Å². The average Bonchev–Trinajstić information content (AvgIpc) is 3.73. The third-order valence-electron chi connectivity index (χ3n) is 7.33. The molecule has 8 bridgehead atoms. The van der Waals surface area contributed by atoms with Crippen LogP contribution in [-0.4, -0.2) is 29.9 Å². The molecule has 4 aromatic carbocycles. The van der Waals surface area contributed by atoms with Gasteiger partial charge in [-0.15, -0.1) is 0 Å². The zero-order valence-electron chi connectivity index (χ0n) is 21.2. The molecule has 8 nitrogen and oxygen atoms in total. The standard InChI is InChI=1S/C32H16N8.Mn/c1-2-10-18-17(9-1)25-33-26(18)38-28-21-13-5-6-14-22(21)30(35-28)40-32-24-16-8-7-15-23(24)31(36-32)39-29-20-12-4-3-11-19(20)27(34-29)37-25;/h1-16H;/q-2;+2. The van der Waals surface area contributed by atoms with Gasteiger partial charge in [-0.25, -0.2) is 9.97 Å². The predicted molar refractivity (Wildman–Crippen MR) is 154 cm³/mol. The molecule has 2 aliphatic heterocycles. The maximum Gasteiger partial charge on any atom is 2.00 e. The fraction of sp³-hybridized carbons (Fsp3) is 0. The van der Waals surface area contributed by atoms with Gasteiger partial charge in [0.1, 0.15) is 0 Å². The van der Waals surface area contributed by atoms with E-state index in [0.717, 1.165) is 43.8 Å². The van der Waals surface area contributed by atoms with Crippen LogP contribution in [0.1, 0.15) is 0 Å². The number of fused-ring (bicyclic) bond motifs is 20. The summed E-state index contributed by atoms with van der Waals surface area (Å²) >= 11 is 0. The SMILES string of the molecule is [Mn+2].c1ccc2c(c1)-c1nc-2nc2[n-]c(nc3nc(nc4[n-]c(n1)c1ccccc41)-c1ccccc1-3)c1ccccc21. The minimum absolute atomic E-state index is 0. The van der Waals surface area contributed by atoms with Gasteiger partial charge in [0, 0.05) is 44.8 Å². The van der Waals surface area contributed by atoms with Gasteiger partial charge in [0.05, 0.1) is 23.3 Å². The first-order chi connectivity index (χ1) is 19.8. The van der Waals surface area contributed by atoms with E-state index in [1.54, 1.807) is 0 Å². The third-order valence-corrected chi connectivity index (χ3v) is 7.33. The Kier molecular flexibility index (Phi) is 5.12. The summed E-state index contributed by atoms with van der Waals surface area (Å²) in [4.78, 5) is 39.3. The number of nitrogens with zero attached hydrogens (tertiary/aromatic N) is 8. The van der Waals surface area contributed by atoms with Crippen molar-refractivity contribution in [3.05, 3.63) is 97.1 Å². The van der Waals surface area contributed by atoms with Gasteiger partial charge in [-0.1, -0.05) is 97.1 Å². The molecule has 1 radical (unpaired) electrons. The first kappa shape index (κ1) is 23.6. The second-order valence-corrected chi connectivity index (χ2v) is 9.67. The van der Waals surface area contributed by atoms with Gasteiger partial charge >= 0.3 is 17.1 Å². The Balaban J connectivity index is 0.00000256. The van der Waals surface area contributed by atoms with Gasteiger partial charge in [0.15, 0.2) is 0 Å². The first-order valence-corrected chi connectivity index (χ1v) is 12.9. The molecule has 9 heteroatoms. The van der Waals surface area contributed by atoms with E-state index in [0.29, 0.717) is 45.9 Å². The number of rotatable bonds is 0. The van der Waals surface area contributed by atoms with Crippen molar-refractivity contribution in [1.82, 2.24) is 39.9 Å². The molecule has 2 aliphatic rings. The summed E-state index contributed by atoms with van der Waals surface area (Å²) in [6.07, 6.45) is 0. The van der Waals surface area contributed by atoms with Crippen LogP contribution in [0.4, 0.5) is 0 Å². The molecular formula is C32H16MnN8. The Labute approximate surface area is 243 Å². The van der Waals surface area contributed by atoms with Crippen molar-refractivity contribution in [3.8, 4) is 45.6 Å². The molecule has 191 valence electrons. The number of hydrogen-bond donors (Lipinski definition) is 0. The van der Waals surface area contributed by atoms with Gasteiger partial charge in [0.2, 0.25) is 0 Å². The summed E-state index contributed by atoms with van der Waals surface area (Å²) in [6, 6.07) is 31.8. The van der Waals surface area contributed by atoms with E-state index >= 15 is 0 Å². The van der Waals surface area contributed by atoms with E-state index in [4.69, 9.17) is 39.9 Å². The molecule has 0 aliphatic carbocycles. The van der Waals surface area contributed by atoms with Gasteiger partial charge in [-0.2, -0.15) is 0 Å². The molecule has 0 spiro atoms. The molecule has 7 aromatic rings. The van der Waals surface area contributed by atoms with Crippen molar-refractivity contribution >= 4 is 44.1 Å². The molecule has 9 rings (SSSR count). The van der Waals surface area contributed by atoms with E-state index in [2.05, 4.69) is 0 Å². The molecule has 0 N–H and O–H groups in total. The molecule has 3 aromatic heterocycles. The van der Waals surface area contributed by atoms with Crippen LogP contribution in [0.5, 0.6) is 0 Å². The van der Waals surface area contributed by atoms with Gasteiger partial charge in [-0.05, 0) is 21.5 Å². The molecule has 5 heterocycles. The zero-order chi connectivity index (χ0) is 26.2. The molecule has 0 amide bonds. The minimum atomic E-state index is 0. The normalized spacial score (nSPS) is 11.7. The van der Waals surface area contributed by atoms with Gasteiger partial charge in [-0.3, -0.25) is 0 Å². The van der Waals surface area contributed by atoms with E-state index in [1.165, 1.54) is 0 Å². The van der Waals surface area contributed by atoms with Crippen LogP contribution in [0.15, 0.2) is 97.1 Å². The van der Waals surface area contributed by atoms with Crippen molar-refractivity contribution in [3.63, 3.8) is 0 Å². The first-order valence-electron chi connectivity index (χ1n) is 12.9. The summed E-state index contributed by atoms with van der Waals surface area (Å²) in [5, 5.41) is 3.57. The Hall–Kier alpha value is -5.24. The second-order valence-electron chi connectivity index (χ2n) is 9.67. The van der Waals surface area contributed by atoms with Crippen LogP contribution >= 0.6 is 0 Å². The summed E-state index contributed by atoms with van der Waals surface area (Å²) in [5.74, 6) is 2.21. The smallest absolute Gasteiger partial charge is 0.357 e. The molecule has 41 heavy (non-hydrogen) atoms. The Bertz CT molecular complexity index is 2030. The minimum Gasteiger partial charge on any atom is -0.357 e. The molecule has 0 fully saturated rings. The van der Waals surface area contributed by atoms with Crippen molar-refractivity contribution in [2.24, 2.45) is 0 Å². The van der Waals surface area contributed by atoms with Crippen LogP contribution in [0.25, 0.3) is 89.7 Å². The quantitative estimate of drug-likeness (QED) is 0.202. The monoisotopic (exact) mass is 567 g/mol. The van der Waals surface area contributed by atoms with Crippen LogP contribution in [-0.2, 0) is 17.1 Å². The van der Waals surface area contributed by atoms with Crippen LogP contribution < -0.4 is 9.97 Å². The van der Waals surface area contributed by atoms with Crippen LogP contribution in [0.2, 0.25) is 0 Å². The molecule has 0 saturated carbocycles. The summed E-state index contributed by atoms with van der Waals surface area (Å²) in [6.45, 7) is 0. The van der Waals surface area contributed by atoms with Gasteiger partial charge in [0.25, 0.3) is 0 Å². The van der Waals surface area contributed by atoms with Crippen molar-refractivity contribution in [2.45, 2.75) is 0 Å². The number of aromatic nitrogens is 8. The molecular weight excluding hydrogens is 551 g/mol. The zero-order valence-corrected chi connectivity index (χ0v) is 22.4. The Morgan fingerprint density at radius 3 is 0.829 bits per heavy atom. The van der Waals surface area contributed by atoms with Gasteiger partial charge < -0.3 is 29.9 Å². The summed E-state index contributed by atoms with van der Waals surface area (Å²) < 4.78 is 0. The van der Waals surface area contributed by atoms with Crippen molar-refractivity contribution < 1.29 is 17.1 Å². The molecule has 0 atom stereocenters. The maximum atomic E-state index is 4.95. The number of benzene rings is 4. The molecule has 0 unspecified atom stereocenters. The average molecular weight is 567 g/mol. The van der Waals surface area contributed by atoms with E-state index in [9.17, 15) is 0 Å². The second kappa shape index (κ2) is 8.89. The van der Waals surface area contributed by atoms with E-state index in [1.807, 2.05) is 97.1 Å². The maximum absolute atomic E-state index is 4.95. The fourth-order valence-electron chi connectivity index (χ4n) is 5.46. The Morgan fingerprint density at radius 1 is 0.317 bits per heavy atom. The topological polar surface area (TPSA) is 106 Å². The third kappa shape index (κ3) is 3.53. The molecule has 0 saturated heterocycles. The van der Waals surface area contributed by atoms with E-state index in [-0.39, 0.29) is 17.1 Å². The summed E-state index contributed by atoms with van der Waals surface area (Å²) in [5.41, 5.74) is 5.78. The largest absolute Gasteiger partial charge is 2.00 e.